The minimum atomic E-state index is -0.0469. The molecular weight excluding hydrogens is 252 g/mol. The van der Waals surface area contributed by atoms with Crippen molar-refractivity contribution in [3.05, 3.63) is 30.3 Å². The first-order chi connectivity index (χ1) is 9.58. The molecule has 0 aliphatic heterocycles. The molecule has 1 N–H and O–H groups in total. The smallest absolute Gasteiger partial charge is 0.226 e. The second-order valence-corrected chi connectivity index (χ2v) is 4.87. The lowest BCUT2D eigenvalue weighted by Crippen LogP contribution is -2.40. The first-order valence-corrected chi connectivity index (χ1v) is 7.20. The molecule has 0 aliphatic rings. The van der Waals surface area contributed by atoms with Gasteiger partial charge in [0.25, 0.3) is 0 Å². The third-order valence-electron chi connectivity index (χ3n) is 3.29. The van der Waals surface area contributed by atoms with Gasteiger partial charge >= 0.3 is 0 Å². The molecule has 1 atom stereocenters. The van der Waals surface area contributed by atoms with Crippen molar-refractivity contribution in [3.8, 4) is 0 Å². The molecule has 2 amide bonds. The van der Waals surface area contributed by atoms with Crippen LogP contribution in [0.25, 0.3) is 0 Å². The van der Waals surface area contributed by atoms with E-state index in [1.807, 2.05) is 37.3 Å². The number of amides is 2. The van der Waals surface area contributed by atoms with Crippen molar-refractivity contribution in [2.45, 2.75) is 46.1 Å². The summed E-state index contributed by atoms with van der Waals surface area (Å²) in [5, 5.41) is 2.87. The Hall–Kier alpha value is -1.84. The van der Waals surface area contributed by atoms with Gasteiger partial charge in [-0.15, -0.1) is 0 Å². The van der Waals surface area contributed by atoms with Gasteiger partial charge in [-0.2, -0.15) is 0 Å². The van der Waals surface area contributed by atoms with Gasteiger partial charge in [0.15, 0.2) is 0 Å². The Morgan fingerprint density at radius 1 is 1.20 bits per heavy atom. The van der Waals surface area contributed by atoms with E-state index in [2.05, 4.69) is 12.2 Å². The quantitative estimate of drug-likeness (QED) is 0.832. The Morgan fingerprint density at radius 3 is 2.35 bits per heavy atom. The largest absolute Gasteiger partial charge is 0.340 e. The maximum Gasteiger partial charge on any atom is 0.226 e. The van der Waals surface area contributed by atoms with Crippen LogP contribution in [0.15, 0.2) is 30.3 Å². The van der Waals surface area contributed by atoms with E-state index >= 15 is 0 Å². The minimum Gasteiger partial charge on any atom is -0.340 e. The lowest BCUT2D eigenvalue weighted by molar-refractivity contribution is -0.132. The SMILES string of the molecule is CCCC(CC(=O)Nc1ccccc1)N(CC)C(C)=O. The topological polar surface area (TPSA) is 49.4 Å². The molecule has 0 heterocycles. The fourth-order valence-corrected chi connectivity index (χ4v) is 2.39. The highest BCUT2D eigenvalue weighted by Gasteiger charge is 2.21. The van der Waals surface area contributed by atoms with Crippen LogP contribution in [0.5, 0.6) is 0 Å². The molecule has 0 aliphatic carbocycles. The van der Waals surface area contributed by atoms with Gasteiger partial charge in [-0.05, 0) is 25.5 Å². The second-order valence-electron chi connectivity index (χ2n) is 4.87. The molecule has 0 aromatic heterocycles. The molecule has 0 saturated carbocycles. The molecule has 1 aromatic carbocycles. The Bertz CT molecular complexity index is 431. The first kappa shape index (κ1) is 16.2. The first-order valence-electron chi connectivity index (χ1n) is 7.20. The van der Waals surface area contributed by atoms with Gasteiger partial charge in [-0.1, -0.05) is 31.5 Å². The predicted molar refractivity (Wildman–Crippen MR) is 81.4 cm³/mol. The molecule has 4 heteroatoms. The van der Waals surface area contributed by atoms with Crippen molar-refractivity contribution >= 4 is 17.5 Å². The summed E-state index contributed by atoms with van der Waals surface area (Å²) in [6.45, 7) is 6.20. The summed E-state index contributed by atoms with van der Waals surface area (Å²) < 4.78 is 0. The number of hydrogen-bond donors (Lipinski definition) is 1. The molecule has 4 nitrogen and oxygen atoms in total. The zero-order valence-electron chi connectivity index (χ0n) is 12.6. The van der Waals surface area contributed by atoms with Crippen molar-refractivity contribution in [2.75, 3.05) is 11.9 Å². The second kappa shape index (κ2) is 8.35. The third kappa shape index (κ3) is 5.03. The van der Waals surface area contributed by atoms with Crippen LogP contribution in [0.4, 0.5) is 5.69 Å². The number of nitrogens with one attached hydrogen (secondary N) is 1. The highest BCUT2D eigenvalue weighted by molar-refractivity contribution is 5.91. The minimum absolute atomic E-state index is 0.0220. The molecule has 110 valence electrons. The number of hydrogen-bond acceptors (Lipinski definition) is 2. The van der Waals surface area contributed by atoms with Crippen LogP contribution in [-0.4, -0.2) is 29.3 Å². The molecule has 1 rings (SSSR count). The lowest BCUT2D eigenvalue weighted by Gasteiger charge is -2.29. The van der Waals surface area contributed by atoms with Crippen LogP contribution in [0.2, 0.25) is 0 Å². The normalized spacial score (nSPS) is 11.8. The third-order valence-corrected chi connectivity index (χ3v) is 3.29. The van der Waals surface area contributed by atoms with E-state index in [9.17, 15) is 9.59 Å². The zero-order chi connectivity index (χ0) is 15.0. The summed E-state index contributed by atoms with van der Waals surface area (Å²) in [7, 11) is 0. The van der Waals surface area contributed by atoms with Gasteiger partial charge < -0.3 is 10.2 Å². The number of rotatable bonds is 7. The molecule has 0 saturated heterocycles. The summed E-state index contributed by atoms with van der Waals surface area (Å²) in [6, 6.07) is 9.36. The van der Waals surface area contributed by atoms with E-state index in [1.54, 1.807) is 11.8 Å². The van der Waals surface area contributed by atoms with Crippen molar-refractivity contribution in [1.29, 1.82) is 0 Å². The van der Waals surface area contributed by atoms with Crippen molar-refractivity contribution < 1.29 is 9.59 Å². The average Bonchev–Trinajstić information content (AvgIpc) is 2.40. The highest BCUT2D eigenvalue weighted by Crippen LogP contribution is 2.14. The summed E-state index contributed by atoms with van der Waals surface area (Å²) in [5.74, 6) is -0.0205. The molecule has 1 unspecified atom stereocenters. The van der Waals surface area contributed by atoms with Gasteiger partial charge in [-0.25, -0.2) is 0 Å². The van der Waals surface area contributed by atoms with E-state index in [-0.39, 0.29) is 17.9 Å². The molecule has 1 aromatic rings. The number of nitrogens with zero attached hydrogens (tertiary/aromatic N) is 1. The molecule has 0 bridgehead atoms. The Balaban J connectivity index is 2.65. The average molecular weight is 276 g/mol. The zero-order valence-corrected chi connectivity index (χ0v) is 12.6. The fraction of sp³-hybridized carbons (Fsp3) is 0.500. The Morgan fingerprint density at radius 2 is 1.85 bits per heavy atom. The number of anilines is 1. The monoisotopic (exact) mass is 276 g/mol. The molecule has 0 fully saturated rings. The summed E-state index contributed by atoms with van der Waals surface area (Å²) in [4.78, 5) is 25.5. The summed E-state index contributed by atoms with van der Waals surface area (Å²) in [5.41, 5.74) is 0.790. The maximum absolute atomic E-state index is 12.1. The maximum atomic E-state index is 12.1. The molecule has 20 heavy (non-hydrogen) atoms. The van der Waals surface area contributed by atoms with E-state index in [0.717, 1.165) is 18.5 Å². The van der Waals surface area contributed by atoms with E-state index in [0.29, 0.717) is 13.0 Å². The van der Waals surface area contributed by atoms with Gasteiger partial charge in [0.05, 0.1) is 0 Å². The molecule has 0 spiro atoms. The van der Waals surface area contributed by atoms with E-state index < -0.39 is 0 Å². The standard InChI is InChI=1S/C16H24N2O2/c1-4-9-15(18(5-2)13(3)19)12-16(20)17-14-10-7-6-8-11-14/h6-8,10-11,15H,4-5,9,12H2,1-3H3,(H,17,20). The highest BCUT2D eigenvalue weighted by atomic mass is 16.2. The number of para-hydroxylation sites is 1. The number of carbonyl (C=O) groups excluding carboxylic acids is 2. The van der Waals surface area contributed by atoms with Crippen molar-refractivity contribution in [1.82, 2.24) is 4.90 Å². The molecule has 0 radical (unpaired) electrons. The van der Waals surface area contributed by atoms with Crippen molar-refractivity contribution in [3.63, 3.8) is 0 Å². The van der Waals surface area contributed by atoms with Gasteiger partial charge in [-0.3, -0.25) is 9.59 Å². The van der Waals surface area contributed by atoms with Crippen LogP contribution >= 0.6 is 0 Å². The van der Waals surface area contributed by atoms with Gasteiger partial charge in [0.1, 0.15) is 0 Å². The van der Waals surface area contributed by atoms with Crippen LogP contribution < -0.4 is 5.32 Å². The summed E-state index contributed by atoms with van der Waals surface area (Å²) in [6.07, 6.45) is 2.14. The summed E-state index contributed by atoms with van der Waals surface area (Å²) >= 11 is 0. The van der Waals surface area contributed by atoms with Gasteiger partial charge in [0, 0.05) is 31.6 Å². The fourth-order valence-electron chi connectivity index (χ4n) is 2.39. The predicted octanol–water partition coefficient (Wildman–Crippen LogP) is 3.05. The van der Waals surface area contributed by atoms with E-state index in [4.69, 9.17) is 0 Å². The van der Waals surface area contributed by atoms with E-state index in [1.165, 1.54) is 0 Å². The Labute approximate surface area is 121 Å². The van der Waals surface area contributed by atoms with Crippen LogP contribution in [0, 0.1) is 0 Å². The van der Waals surface area contributed by atoms with Crippen LogP contribution in [-0.2, 0) is 9.59 Å². The van der Waals surface area contributed by atoms with Crippen LogP contribution in [0.1, 0.15) is 40.0 Å². The van der Waals surface area contributed by atoms with Gasteiger partial charge in [0.2, 0.25) is 11.8 Å². The Kier molecular flexibility index (Phi) is 6.77. The van der Waals surface area contributed by atoms with Crippen LogP contribution in [0.3, 0.4) is 0 Å². The number of carbonyl (C=O) groups is 2. The van der Waals surface area contributed by atoms with Crippen molar-refractivity contribution in [2.24, 2.45) is 0 Å². The molecular formula is C16H24N2O2. The number of benzene rings is 1. The lowest BCUT2D eigenvalue weighted by atomic mass is 10.1.